The minimum absolute atomic E-state index is 0.0845. The normalized spacial score (nSPS) is 11.2. The molecule has 0 spiro atoms. The fourth-order valence-electron chi connectivity index (χ4n) is 1.47. The van der Waals surface area contributed by atoms with Crippen molar-refractivity contribution in [2.24, 2.45) is 5.84 Å². The van der Waals surface area contributed by atoms with Gasteiger partial charge in [0.1, 0.15) is 5.82 Å². The Morgan fingerprint density at radius 3 is 2.41 bits per heavy atom. The second-order valence-electron chi connectivity index (χ2n) is 4.07. The van der Waals surface area contributed by atoms with Gasteiger partial charge in [-0.1, -0.05) is 0 Å². The molecule has 3 N–H and O–H groups in total. The lowest BCUT2D eigenvalue weighted by Gasteiger charge is -2.23. The third-order valence-electron chi connectivity index (χ3n) is 2.61. The highest BCUT2D eigenvalue weighted by Crippen LogP contribution is 2.30. The van der Waals surface area contributed by atoms with E-state index >= 15 is 0 Å². The van der Waals surface area contributed by atoms with Crippen molar-refractivity contribution < 1.29 is 18.3 Å². The number of nitrogens with one attached hydrogen (secondary N) is 1. The van der Waals surface area contributed by atoms with E-state index in [0.717, 1.165) is 12.1 Å². The highest BCUT2D eigenvalue weighted by Gasteiger charge is 2.33. The van der Waals surface area contributed by atoms with Gasteiger partial charge in [-0.2, -0.15) is 0 Å². The van der Waals surface area contributed by atoms with Crippen molar-refractivity contribution in [2.45, 2.75) is 19.3 Å². The van der Waals surface area contributed by atoms with E-state index in [1.807, 2.05) is 5.43 Å². The van der Waals surface area contributed by atoms with E-state index in [2.05, 4.69) is 4.74 Å². The van der Waals surface area contributed by atoms with Gasteiger partial charge in [0.25, 0.3) is 0 Å². The van der Waals surface area contributed by atoms with E-state index in [-0.39, 0.29) is 11.3 Å². The van der Waals surface area contributed by atoms with Gasteiger partial charge >= 0.3 is 0 Å². The predicted molar refractivity (Wildman–Crippen MR) is 58.3 cm³/mol. The summed E-state index contributed by atoms with van der Waals surface area (Å²) < 4.78 is 31.9. The lowest BCUT2D eigenvalue weighted by atomic mass is 9.83. The summed E-state index contributed by atoms with van der Waals surface area (Å²) in [6.07, 6.45) is 0. The van der Waals surface area contributed by atoms with Crippen LogP contribution in [-0.2, 0) is 10.2 Å². The minimum Gasteiger partial charge on any atom is -0.494 e. The molecule has 1 aromatic rings. The molecule has 0 aliphatic carbocycles. The van der Waals surface area contributed by atoms with Crippen LogP contribution in [0.25, 0.3) is 0 Å². The lowest BCUT2D eigenvalue weighted by Crippen LogP contribution is -2.44. The Kier molecular flexibility index (Phi) is 3.67. The molecule has 6 heteroatoms. The molecule has 0 radical (unpaired) electrons. The topological polar surface area (TPSA) is 64.3 Å². The zero-order valence-electron chi connectivity index (χ0n) is 9.80. The van der Waals surface area contributed by atoms with E-state index in [1.54, 1.807) is 0 Å². The van der Waals surface area contributed by atoms with Crippen LogP contribution in [0.4, 0.5) is 8.78 Å². The largest absolute Gasteiger partial charge is 0.494 e. The molecule has 1 aromatic carbocycles. The first-order chi connectivity index (χ1) is 7.84. The zero-order valence-corrected chi connectivity index (χ0v) is 9.80. The molecule has 0 bridgehead atoms. The molecule has 0 saturated heterocycles. The smallest absolute Gasteiger partial charge is 0.244 e. The molecule has 17 heavy (non-hydrogen) atoms. The number of rotatable bonds is 3. The number of methoxy groups -OCH3 is 1. The van der Waals surface area contributed by atoms with Gasteiger partial charge in [-0.3, -0.25) is 10.2 Å². The quantitative estimate of drug-likeness (QED) is 0.477. The van der Waals surface area contributed by atoms with E-state index in [9.17, 15) is 13.6 Å². The Balaban J connectivity index is 3.32. The predicted octanol–water partition coefficient (Wildman–Crippen LogP) is 1.24. The van der Waals surface area contributed by atoms with Gasteiger partial charge in [-0.25, -0.2) is 14.6 Å². The number of halogens is 2. The Bertz CT molecular complexity index is 447. The SMILES string of the molecule is COc1cc(F)c(C(C)(C)C(=O)NN)cc1F. The summed E-state index contributed by atoms with van der Waals surface area (Å²) in [7, 11) is 1.23. The van der Waals surface area contributed by atoms with Crippen molar-refractivity contribution >= 4 is 5.91 Å². The number of hydrogen-bond acceptors (Lipinski definition) is 3. The molecule has 0 saturated carbocycles. The van der Waals surface area contributed by atoms with Crippen LogP contribution >= 0.6 is 0 Å². The van der Waals surface area contributed by atoms with Gasteiger partial charge in [0, 0.05) is 11.6 Å². The van der Waals surface area contributed by atoms with Crippen molar-refractivity contribution in [1.29, 1.82) is 0 Å². The first kappa shape index (κ1) is 13.4. The summed E-state index contributed by atoms with van der Waals surface area (Å²) in [6, 6.07) is 1.83. The van der Waals surface area contributed by atoms with E-state index in [4.69, 9.17) is 5.84 Å². The van der Waals surface area contributed by atoms with Crippen molar-refractivity contribution in [3.63, 3.8) is 0 Å². The van der Waals surface area contributed by atoms with Gasteiger partial charge in [-0.05, 0) is 19.9 Å². The number of hydrogen-bond donors (Lipinski definition) is 2. The maximum atomic E-state index is 13.7. The molecule has 4 nitrogen and oxygen atoms in total. The zero-order chi connectivity index (χ0) is 13.2. The average Bonchev–Trinajstić information content (AvgIpc) is 2.30. The molecule has 0 fully saturated rings. The number of benzene rings is 1. The van der Waals surface area contributed by atoms with Crippen molar-refractivity contribution in [3.8, 4) is 5.75 Å². The molecule has 0 atom stereocenters. The standard InChI is InChI=1S/C11H14F2N2O2/c1-11(2,10(16)15-14)6-4-8(13)9(17-3)5-7(6)12/h4-5H,14H2,1-3H3,(H,15,16). The van der Waals surface area contributed by atoms with Crippen LogP contribution in [0.15, 0.2) is 12.1 Å². The van der Waals surface area contributed by atoms with Gasteiger partial charge in [0.15, 0.2) is 11.6 Å². The number of amides is 1. The molecule has 1 amide bonds. The summed E-state index contributed by atoms with van der Waals surface area (Å²) in [5, 5.41) is 0. The molecule has 1 rings (SSSR count). The third-order valence-corrected chi connectivity index (χ3v) is 2.61. The average molecular weight is 244 g/mol. The minimum atomic E-state index is -1.27. The highest BCUT2D eigenvalue weighted by atomic mass is 19.1. The third kappa shape index (κ3) is 2.36. The number of carbonyl (C=O) groups excluding carboxylic acids is 1. The van der Waals surface area contributed by atoms with Crippen LogP contribution in [0, 0.1) is 11.6 Å². The summed E-state index contributed by atoms with van der Waals surface area (Å²) in [6.45, 7) is 2.89. The van der Waals surface area contributed by atoms with Gasteiger partial charge in [0.05, 0.1) is 12.5 Å². The fourth-order valence-corrected chi connectivity index (χ4v) is 1.47. The first-order valence-electron chi connectivity index (χ1n) is 4.89. The van der Waals surface area contributed by atoms with Crippen molar-refractivity contribution in [1.82, 2.24) is 5.43 Å². The van der Waals surface area contributed by atoms with Gasteiger partial charge in [0.2, 0.25) is 5.91 Å². The molecular formula is C11H14F2N2O2. The van der Waals surface area contributed by atoms with Crippen LogP contribution in [0.2, 0.25) is 0 Å². The van der Waals surface area contributed by atoms with Crippen molar-refractivity contribution in [3.05, 3.63) is 29.3 Å². The molecule has 0 unspecified atom stereocenters. The van der Waals surface area contributed by atoms with E-state index in [1.165, 1.54) is 21.0 Å². The lowest BCUT2D eigenvalue weighted by molar-refractivity contribution is -0.125. The maximum Gasteiger partial charge on any atom is 0.244 e. The van der Waals surface area contributed by atoms with Crippen LogP contribution < -0.4 is 16.0 Å². The summed E-state index contributed by atoms with van der Waals surface area (Å²) in [5.41, 5.74) is 0.563. The second kappa shape index (κ2) is 4.67. The summed E-state index contributed by atoms with van der Waals surface area (Å²) in [5.74, 6) is 2.72. The van der Waals surface area contributed by atoms with Crippen LogP contribution in [0.5, 0.6) is 5.75 Å². The second-order valence-corrected chi connectivity index (χ2v) is 4.07. The fraction of sp³-hybridized carbons (Fsp3) is 0.364. The Hall–Kier alpha value is -1.69. The highest BCUT2D eigenvalue weighted by molar-refractivity contribution is 5.86. The number of ether oxygens (including phenoxy) is 1. The van der Waals surface area contributed by atoms with E-state index < -0.39 is 23.0 Å². The molecule has 0 aromatic heterocycles. The van der Waals surface area contributed by atoms with Crippen LogP contribution in [-0.4, -0.2) is 13.0 Å². The van der Waals surface area contributed by atoms with Crippen molar-refractivity contribution in [2.75, 3.05) is 7.11 Å². The summed E-state index contributed by atoms with van der Waals surface area (Å²) >= 11 is 0. The molecule has 94 valence electrons. The molecular weight excluding hydrogens is 230 g/mol. The number of nitrogens with two attached hydrogens (primary N) is 1. The van der Waals surface area contributed by atoms with E-state index in [0.29, 0.717) is 0 Å². The molecule has 0 aliphatic heterocycles. The molecule has 0 heterocycles. The van der Waals surface area contributed by atoms with Gasteiger partial charge in [-0.15, -0.1) is 0 Å². The van der Waals surface area contributed by atoms with Crippen LogP contribution in [0.1, 0.15) is 19.4 Å². The Labute approximate surface area is 97.7 Å². The Morgan fingerprint density at radius 2 is 1.94 bits per heavy atom. The molecule has 0 aliphatic rings. The number of carbonyl (C=O) groups is 1. The number of hydrazine groups is 1. The van der Waals surface area contributed by atoms with Gasteiger partial charge < -0.3 is 4.74 Å². The van der Waals surface area contributed by atoms with Crippen LogP contribution in [0.3, 0.4) is 0 Å². The Morgan fingerprint density at radius 1 is 1.35 bits per heavy atom. The first-order valence-corrected chi connectivity index (χ1v) is 4.89. The summed E-state index contributed by atoms with van der Waals surface area (Å²) in [4.78, 5) is 11.5. The monoisotopic (exact) mass is 244 g/mol. The maximum absolute atomic E-state index is 13.7.